The van der Waals surface area contributed by atoms with E-state index in [1.165, 1.54) is 6.33 Å². The zero-order valence-corrected chi connectivity index (χ0v) is 16.9. The molecule has 3 atom stereocenters. The molecule has 0 bridgehead atoms. The third-order valence-electron chi connectivity index (χ3n) is 5.91. The van der Waals surface area contributed by atoms with Crippen LogP contribution in [0.1, 0.15) is 55.0 Å². The summed E-state index contributed by atoms with van der Waals surface area (Å²) in [6.45, 7) is 6.82. The van der Waals surface area contributed by atoms with E-state index in [4.69, 9.17) is 11.6 Å². The summed E-state index contributed by atoms with van der Waals surface area (Å²) < 4.78 is 0. The van der Waals surface area contributed by atoms with E-state index in [0.29, 0.717) is 24.5 Å². The highest BCUT2D eigenvalue weighted by molar-refractivity contribution is 6.30. The summed E-state index contributed by atoms with van der Waals surface area (Å²) in [5, 5.41) is 10.9. The van der Waals surface area contributed by atoms with E-state index < -0.39 is 6.10 Å². The minimum absolute atomic E-state index is 0.138. The Kier molecular flexibility index (Phi) is 5.25. The van der Waals surface area contributed by atoms with Crippen LogP contribution in [0.25, 0.3) is 0 Å². The summed E-state index contributed by atoms with van der Waals surface area (Å²) in [6, 6.07) is 7.48. The van der Waals surface area contributed by atoms with Crippen molar-refractivity contribution in [3.8, 4) is 0 Å². The molecule has 0 radical (unpaired) electrons. The van der Waals surface area contributed by atoms with Crippen molar-refractivity contribution < 1.29 is 9.90 Å². The lowest BCUT2D eigenvalue weighted by Crippen LogP contribution is -2.50. The van der Waals surface area contributed by atoms with Crippen LogP contribution in [0, 0.1) is 0 Å². The quantitative estimate of drug-likeness (QED) is 0.857. The molecule has 6 nitrogen and oxygen atoms in total. The molecule has 28 heavy (non-hydrogen) atoms. The summed E-state index contributed by atoms with van der Waals surface area (Å²) in [4.78, 5) is 25.9. The minimum atomic E-state index is -0.505. The molecule has 7 heteroatoms. The van der Waals surface area contributed by atoms with Crippen molar-refractivity contribution in [3.05, 3.63) is 52.4 Å². The van der Waals surface area contributed by atoms with Gasteiger partial charge < -0.3 is 14.9 Å². The van der Waals surface area contributed by atoms with E-state index in [9.17, 15) is 9.90 Å². The maximum atomic E-state index is 12.9. The number of halogens is 1. The average Bonchev–Trinajstić information content (AvgIpc) is 3.01. The Hall–Kier alpha value is -2.18. The van der Waals surface area contributed by atoms with Gasteiger partial charge in [-0.05, 0) is 37.0 Å². The highest BCUT2D eigenvalue weighted by Gasteiger charge is 2.34. The Bertz CT molecular complexity index is 865. The highest BCUT2D eigenvalue weighted by Crippen LogP contribution is 2.42. The number of piperazine rings is 1. The summed E-state index contributed by atoms with van der Waals surface area (Å²) in [5.41, 5.74) is 2.80. The summed E-state index contributed by atoms with van der Waals surface area (Å²) in [7, 11) is 0. The van der Waals surface area contributed by atoms with Crippen LogP contribution in [-0.2, 0) is 4.79 Å². The number of aliphatic hydroxyl groups is 1. The normalized spacial score (nSPS) is 22.9. The average molecular weight is 401 g/mol. The fourth-order valence-electron chi connectivity index (χ4n) is 4.26. The number of aliphatic hydroxyl groups excluding tert-OH is 1. The predicted octanol–water partition coefficient (Wildman–Crippen LogP) is 3.12. The van der Waals surface area contributed by atoms with Gasteiger partial charge in [-0.2, -0.15) is 0 Å². The van der Waals surface area contributed by atoms with Crippen molar-refractivity contribution in [2.45, 2.75) is 38.2 Å². The predicted molar refractivity (Wildman–Crippen MR) is 109 cm³/mol. The largest absolute Gasteiger partial charge is 0.387 e. The van der Waals surface area contributed by atoms with Crippen LogP contribution in [0.2, 0.25) is 5.02 Å². The van der Waals surface area contributed by atoms with Gasteiger partial charge in [-0.3, -0.25) is 4.79 Å². The van der Waals surface area contributed by atoms with Gasteiger partial charge in [-0.1, -0.05) is 30.7 Å². The number of hydrogen-bond donors (Lipinski definition) is 1. The van der Waals surface area contributed by atoms with Crippen LogP contribution >= 0.6 is 11.6 Å². The first-order valence-corrected chi connectivity index (χ1v) is 10.2. The van der Waals surface area contributed by atoms with Gasteiger partial charge in [-0.25, -0.2) is 9.97 Å². The lowest BCUT2D eigenvalue weighted by Gasteiger charge is -2.37. The molecule has 1 amide bonds. The molecule has 2 aliphatic rings. The number of fused-ring (bicyclic) bond motifs is 1. The third-order valence-corrected chi connectivity index (χ3v) is 6.16. The number of benzene rings is 1. The second kappa shape index (κ2) is 7.68. The molecule has 1 fully saturated rings. The topological polar surface area (TPSA) is 69.6 Å². The summed E-state index contributed by atoms with van der Waals surface area (Å²) in [5.74, 6) is 1.10. The fraction of sp³-hybridized carbons (Fsp3) is 0.476. The Morgan fingerprint density at radius 3 is 2.54 bits per heavy atom. The smallest absolute Gasteiger partial charge is 0.229 e. The number of nitrogens with zero attached hydrogens (tertiary/aromatic N) is 4. The molecule has 0 spiro atoms. The minimum Gasteiger partial charge on any atom is -0.387 e. The molecular weight excluding hydrogens is 376 g/mol. The maximum absolute atomic E-state index is 12.9. The number of rotatable bonds is 3. The van der Waals surface area contributed by atoms with E-state index >= 15 is 0 Å². The number of amides is 1. The first-order valence-electron chi connectivity index (χ1n) is 9.77. The zero-order valence-electron chi connectivity index (χ0n) is 16.2. The molecule has 1 N–H and O–H groups in total. The summed E-state index contributed by atoms with van der Waals surface area (Å²) >= 11 is 5.95. The van der Waals surface area contributed by atoms with Gasteiger partial charge in [0.05, 0.1) is 17.7 Å². The number of carbonyl (C=O) groups excluding carboxylic acids is 1. The molecule has 1 aromatic carbocycles. The monoisotopic (exact) mass is 400 g/mol. The van der Waals surface area contributed by atoms with Gasteiger partial charge >= 0.3 is 0 Å². The van der Waals surface area contributed by atoms with Crippen molar-refractivity contribution in [2.75, 3.05) is 31.1 Å². The molecule has 1 saturated heterocycles. The molecule has 148 valence electrons. The van der Waals surface area contributed by atoms with E-state index in [-0.39, 0.29) is 17.7 Å². The number of aromatic nitrogens is 2. The van der Waals surface area contributed by atoms with Gasteiger partial charge in [-0.15, -0.1) is 0 Å². The van der Waals surface area contributed by atoms with Crippen LogP contribution in [-0.4, -0.2) is 52.1 Å². The van der Waals surface area contributed by atoms with Crippen molar-refractivity contribution in [3.63, 3.8) is 0 Å². The lowest BCUT2D eigenvalue weighted by atomic mass is 9.99. The van der Waals surface area contributed by atoms with Crippen LogP contribution in [0.5, 0.6) is 0 Å². The highest BCUT2D eigenvalue weighted by atomic mass is 35.5. The van der Waals surface area contributed by atoms with Gasteiger partial charge in [0.15, 0.2) is 0 Å². The molecule has 1 aliphatic heterocycles. The van der Waals surface area contributed by atoms with Crippen LogP contribution in [0.15, 0.2) is 30.6 Å². The van der Waals surface area contributed by atoms with Crippen molar-refractivity contribution in [2.24, 2.45) is 0 Å². The SMILES string of the molecule is CC(C(=O)N1CCN(c2ncnc3c2[C@H](C)C[C@H]3O)CC1)c1ccc(Cl)cc1. The molecule has 2 heterocycles. The van der Waals surface area contributed by atoms with Crippen LogP contribution < -0.4 is 4.90 Å². The second-order valence-electron chi connectivity index (χ2n) is 7.73. The maximum Gasteiger partial charge on any atom is 0.229 e. The summed E-state index contributed by atoms with van der Waals surface area (Å²) in [6.07, 6.45) is 1.73. The lowest BCUT2D eigenvalue weighted by molar-refractivity contribution is -0.132. The number of anilines is 1. The standard InChI is InChI=1S/C21H25ClN4O2/c1-13-11-17(27)19-18(13)20(24-12-23-19)25-7-9-26(10-8-25)21(28)14(2)15-3-5-16(22)6-4-15/h3-6,12-14,17,27H,7-11H2,1-2H3/t13-,14?,17-/m1/s1. The molecule has 1 unspecified atom stereocenters. The molecule has 0 saturated carbocycles. The molecular formula is C21H25ClN4O2. The van der Waals surface area contributed by atoms with E-state index in [0.717, 1.165) is 35.7 Å². The molecule has 1 aliphatic carbocycles. The van der Waals surface area contributed by atoms with Crippen LogP contribution in [0.3, 0.4) is 0 Å². The van der Waals surface area contributed by atoms with Crippen molar-refractivity contribution in [1.29, 1.82) is 0 Å². The fourth-order valence-corrected chi connectivity index (χ4v) is 4.39. The number of hydrogen-bond acceptors (Lipinski definition) is 5. The van der Waals surface area contributed by atoms with Gasteiger partial charge in [0, 0.05) is 36.8 Å². The Labute approximate surface area is 170 Å². The van der Waals surface area contributed by atoms with Crippen LogP contribution in [0.4, 0.5) is 5.82 Å². The molecule has 1 aromatic heterocycles. The van der Waals surface area contributed by atoms with Gasteiger partial charge in [0.25, 0.3) is 0 Å². The molecule has 4 rings (SSSR count). The van der Waals surface area contributed by atoms with Gasteiger partial charge in [0.1, 0.15) is 12.1 Å². The third kappa shape index (κ3) is 3.47. The first kappa shape index (κ1) is 19.2. The zero-order chi connectivity index (χ0) is 19.8. The van der Waals surface area contributed by atoms with Gasteiger partial charge in [0.2, 0.25) is 5.91 Å². The Morgan fingerprint density at radius 2 is 1.86 bits per heavy atom. The first-order chi connectivity index (χ1) is 13.5. The van der Waals surface area contributed by atoms with Crippen molar-refractivity contribution >= 4 is 23.3 Å². The van der Waals surface area contributed by atoms with Crippen molar-refractivity contribution in [1.82, 2.24) is 14.9 Å². The second-order valence-corrected chi connectivity index (χ2v) is 8.17. The Balaban J connectivity index is 1.44. The number of carbonyl (C=O) groups is 1. The van der Waals surface area contributed by atoms with E-state index in [1.54, 1.807) is 0 Å². The molecule has 2 aromatic rings. The Morgan fingerprint density at radius 1 is 1.18 bits per heavy atom. The van der Waals surface area contributed by atoms with E-state index in [1.807, 2.05) is 36.1 Å². The van der Waals surface area contributed by atoms with E-state index in [2.05, 4.69) is 21.8 Å².